The van der Waals surface area contributed by atoms with Crippen molar-refractivity contribution in [1.29, 1.82) is 0 Å². The number of nitrogens with one attached hydrogen (secondary N) is 1. The molecule has 0 bridgehead atoms. The minimum atomic E-state index is -1.10. The standard InChI is InChI=1S/C10H15N3O3/c1-10(2,3)12-8(14)6-13-7(9(15)16)4-5-11-13/h4-5H,6H2,1-3H3,(H,12,14)(H,15,16). The number of carboxylic acids is 1. The summed E-state index contributed by atoms with van der Waals surface area (Å²) < 4.78 is 1.16. The monoisotopic (exact) mass is 225 g/mol. The highest BCUT2D eigenvalue weighted by molar-refractivity contribution is 5.86. The van der Waals surface area contributed by atoms with E-state index in [2.05, 4.69) is 10.4 Å². The normalized spacial score (nSPS) is 11.2. The van der Waals surface area contributed by atoms with Crippen LogP contribution >= 0.6 is 0 Å². The van der Waals surface area contributed by atoms with Crippen LogP contribution in [0.5, 0.6) is 0 Å². The number of nitrogens with zero attached hydrogens (tertiary/aromatic N) is 2. The number of aromatic carboxylic acids is 1. The van der Waals surface area contributed by atoms with Crippen LogP contribution in [0.1, 0.15) is 31.3 Å². The fourth-order valence-electron chi connectivity index (χ4n) is 1.23. The third kappa shape index (κ3) is 3.38. The molecule has 2 N–H and O–H groups in total. The Bertz CT molecular complexity index is 404. The van der Waals surface area contributed by atoms with Gasteiger partial charge in [-0.25, -0.2) is 9.48 Å². The Morgan fingerprint density at radius 3 is 2.62 bits per heavy atom. The number of amides is 1. The summed E-state index contributed by atoms with van der Waals surface area (Å²) in [5.41, 5.74) is -0.336. The average molecular weight is 225 g/mol. The number of carboxylic acid groups (broad SMARTS) is 1. The van der Waals surface area contributed by atoms with Crippen molar-refractivity contribution in [1.82, 2.24) is 15.1 Å². The molecule has 88 valence electrons. The second-order valence-electron chi connectivity index (χ2n) is 4.48. The second kappa shape index (κ2) is 4.34. The van der Waals surface area contributed by atoms with Gasteiger partial charge in [0, 0.05) is 11.7 Å². The molecule has 1 amide bonds. The third-order valence-electron chi connectivity index (χ3n) is 1.74. The molecule has 0 saturated heterocycles. The third-order valence-corrected chi connectivity index (χ3v) is 1.74. The lowest BCUT2D eigenvalue weighted by atomic mass is 10.1. The van der Waals surface area contributed by atoms with E-state index in [4.69, 9.17) is 5.11 Å². The van der Waals surface area contributed by atoms with Crippen LogP contribution in [-0.2, 0) is 11.3 Å². The summed E-state index contributed by atoms with van der Waals surface area (Å²) in [6.07, 6.45) is 1.35. The van der Waals surface area contributed by atoms with E-state index in [9.17, 15) is 9.59 Å². The molecule has 1 heterocycles. The number of carbonyl (C=O) groups excluding carboxylic acids is 1. The van der Waals surface area contributed by atoms with Crippen molar-refractivity contribution < 1.29 is 14.7 Å². The van der Waals surface area contributed by atoms with Gasteiger partial charge in [-0.05, 0) is 26.8 Å². The van der Waals surface area contributed by atoms with Gasteiger partial charge in [0.25, 0.3) is 0 Å². The zero-order valence-corrected chi connectivity index (χ0v) is 9.52. The molecule has 0 aliphatic carbocycles. The van der Waals surface area contributed by atoms with Gasteiger partial charge in [-0.3, -0.25) is 4.79 Å². The van der Waals surface area contributed by atoms with Crippen LogP contribution < -0.4 is 5.32 Å². The van der Waals surface area contributed by atoms with Crippen LogP contribution in [0.2, 0.25) is 0 Å². The summed E-state index contributed by atoms with van der Waals surface area (Å²) in [4.78, 5) is 22.3. The molecule has 1 aromatic heterocycles. The Morgan fingerprint density at radius 1 is 1.50 bits per heavy atom. The Kier molecular flexibility index (Phi) is 3.31. The fourth-order valence-corrected chi connectivity index (χ4v) is 1.23. The molecular weight excluding hydrogens is 210 g/mol. The summed E-state index contributed by atoms with van der Waals surface area (Å²) in [6, 6.07) is 1.35. The molecule has 0 fully saturated rings. The van der Waals surface area contributed by atoms with E-state index in [-0.39, 0.29) is 23.7 Å². The summed E-state index contributed by atoms with van der Waals surface area (Å²) in [6.45, 7) is 5.47. The average Bonchev–Trinajstić information content (AvgIpc) is 2.47. The number of rotatable bonds is 3. The second-order valence-corrected chi connectivity index (χ2v) is 4.48. The van der Waals surface area contributed by atoms with Crippen LogP contribution in [-0.4, -0.2) is 32.3 Å². The van der Waals surface area contributed by atoms with Crippen molar-refractivity contribution in [2.45, 2.75) is 32.9 Å². The molecule has 0 radical (unpaired) electrons. The Morgan fingerprint density at radius 2 is 2.12 bits per heavy atom. The number of aromatic nitrogens is 2. The first-order valence-corrected chi connectivity index (χ1v) is 4.86. The predicted molar refractivity (Wildman–Crippen MR) is 57.1 cm³/mol. The molecule has 0 spiro atoms. The molecule has 0 atom stereocenters. The minimum Gasteiger partial charge on any atom is -0.477 e. The molecule has 6 nitrogen and oxygen atoms in total. The highest BCUT2D eigenvalue weighted by atomic mass is 16.4. The molecule has 1 rings (SSSR count). The van der Waals surface area contributed by atoms with Gasteiger partial charge in [0.05, 0.1) is 0 Å². The van der Waals surface area contributed by atoms with Gasteiger partial charge in [0.2, 0.25) is 5.91 Å². The van der Waals surface area contributed by atoms with E-state index in [1.165, 1.54) is 12.3 Å². The quantitative estimate of drug-likeness (QED) is 0.784. The van der Waals surface area contributed by atoms with Gasteiger partial charge >= 0.3 is 5.97 Å². The lowest BCUT2D eigenvalue weighted by molar-refractivity contribution is -0.123. The molecule has 0 saturated carbocycles. The SMILES string of the molecule is CC(C)(C)NC(=O)Cn1nccc1C(=O)O. The topological polar surface area (TPSA) is 84.2 Å². The van der Waals surface area contributed by atoms with Crippen molar-refractivity contribution in [3.05, 3.63) is 18.0 Å². The fraction of sp³-hybridized carbons (Fsp3) is 0.500. The molecule has 0 aromatic carbocycles. The summed E-state index contributed by atoms with van der Waals surface area (Å²) in [5.74, 6) is -1.36. The van der Waals surface area contributed by atoms with Gasteiger partial charge in [0.1, 0.15) is 12.2 Å². The van der Waals surface area contributed by atoms with Crippen LogP contribution in [0.15, 0.2) is 12.3 Å². The summed E-state index contributed by atoms with van der Waals surface area (Å²) in [5, 5.41) is 15.3. The maximum absolute atomic E-state index is 11.5. The maximum Gasteiger partial charge on any atom is 0.354 e. The lowest BCUT2D eigenvalue weighted by Crippen LogP contribution is -2.42. The summed E-state index contributed by atoms with van der Waals surface area (Å²) >= 11 is 0. The van der Waals surface area contributed by atoms with E-state index in [1.54, 1.807) is 0 Å². The summed E-state index contributed by atoms with van der Waals surface area (Å²) in [7, 11) is 0. The largest absolute Gasteiger partial charge is 0.477 e. The van der Waals surface area contributed by atoms with Gasteiger partial charge in [-0.1, -0.05) is 0 Å². The van der Waals surface area contributed by atoms with E-state index >= 15 is 0 Å². The lowest BCUT2D eigenvalue weighted by Gasteiger charge is -2.20. The van der Waals surface area contributed by atoms with Crippen molar-refractivity contribution in [3.63, 3.8) is 0 Å². The first-order valence-electron chi connectivity index (χ1n) is 4.86. The number of hydrogen-bond acceptors (Lipinski definition) is 3. The Labute approximate surface area is 93.3 Å². The zero-order valence-electron chi connectivity index (χ0n) is 9.52. The van der Waals surface area contributed by atoms with Crippen LogP contribution in [0.3, 0.4) is 0 Å². The molecule has 0 aliphatic heterocycles. The highest BCUT2D eigenvalue weighted by Gasteiger charge is 2.17. The number of hydrogen-bond donors (Lipinski definition) is 2. The first-order chi connectivity index (χ1) is 7.29. The molecule has 1 aromatic rings. The minimum absolute atomic E-state index is 0.00376. The number of carbonyl (C=O) groups is 2. The van der Waals surface area contributed by atoms with Gasteiger partial charge in [0.15, 0.2) is 0 Å². The Hall–Kier alpha value is -1.85. The maximum atomic E-state index is 11.5. The molecular formula is C10H15N3O3. The van der Waals surface area contributed by atoms with Gasteiger partial charge in [-0.15, -0.1) is 0 Å². The van der Waals surface area contributed by atoms with Crippen molar-refractivity contribution >= 4 is 11.9 Å². The smallest absolute Gasteiger partial charge is 0.354 e. The van der Waals surface area contributed by atoms with E-state index in [1.807, 2.05) is 20.8 Å². The van der Waals surface area contributed by atoms with E-state index in [0.717, 1.165) is 4.68 Å². The van der Waals surface area contributed by atoms with E-state index in [0.29, 0.717) is 0 Å². The van der Waals surface area contributed by atoms with Crippen LogP contribution in [0.4, 0.5) is 0 Å². The van der Waals surface area contributed by atoms with Crippen LogP contribution in [0, 0.1) is 0 Å². The van der Waals surface area contributed by atoms with Crippen molar-refractivity contribution in [2.24, 2.45) is 0 Å². The highest BCUT2D eigenvalue weighted by Crippen LogP contribution is 2.01. The van der Waals surface area contributed by atoms with Gasteiger partial charge < -0.3 is 10.4 Å². The Balaban J connectivity index is 2.70. The molecule has 0 unspecified atom stereocenters. The first kappa shape index (κ1) is 12.2. The van der Waals surface area contributed by atoms with Crippen LogP contribution in [0.25, 0.3) is 0 Å². The van der Waals surface area contributed by atoms with Crippen molar-refractivity contribution in [3.8, 4) is 0 Å². The van der Waals surface area contributed by atoms with Crippen molar-refractivity contribution in [2.75, 3.05) is 0 Å². The molecule has 16 heavy (non-hydrogen) atoms. The predicted octanol–water partition coefficient (Wildman–Crippen LogP) is 0.496. The molecule has 0 aliphatic rings. The van der Waals surface area contributed by atoms with Gasteiger partial charge in [-0.2, -0.15) is 5.10 Å². The van der Waals surface area contributed by atoms with E-state index < -0.39 is 5.97 Å². The zero-order chi connectivity index (χ0) is 12.3. The molecule has 6 heteroatoms.